The van der Waals surface area contributed by atoms with E-state index >= 15 is 0 Å². The van der Waals surface area contributed by atoms with Crippen LogP contribution in [0.3, 0.4) is 0 Å². The van der Waals surface area contributed by atoms with E-state index in [-0.39, 0.29) is 0 Å². The van der Waals surface area contributed by atoms with E-state index < -0.39 is 0 Å². The molecule has 0 saturated heterocycles. The van der Waals surface area contributed by atoms with Gasteiger partial charge in [-0.2, -0.15) is 0 Å². The van der Waals surface area contributed by atoms with E-state index in [2.05, 4.69) is 19.9 Å². The number of para-hydroxylation sites is 2. The number of H-pyrrole nitrogens is 1. The summed E-state index contributed by atoms with van der Waals surface area (Å²) in [6.45, 7) is 1.90. The number of nitrogens with two attached hydrogens (primary N) is 1. The largest absolute Gasteiger partial charge is 0.383 e. The average Bonchev–Trinajstić information content (AvgIpc) is 2.77. The van der Waals surface area contributed by atoms with E-state index in [1.807, 2.05) is 31.2 Å². The van der Waals surface area contributed by atoms with E-state index in [1.54, 1.807) is 0 Å². The lowest BCUT2D eigenvalue weighted by atomic mass is 10.3. The quantitative estimate of drug-likeness (QED) is 0.689. The fourth-order valence-corrected chi connectivity index (χ4v) is 2.46. The van der Waals surface area contributed by atoms with Crippen molar-refractivity contribution in [1.82, 2.24) is 19.9 Å². The third-order valence-corrected chi connectivity index (χ3v) is 3.63. The van der Waals surface area contributed by atoms with Gasteiger partial charge in [-0.05, 0) is 30.8 Å². The first-order chi connectivity index (χ1) is 8.74. The molecule has 0 spiro atoms. The molecule has 2 heterocycles. The number of hydrogen-bond acceptors (Lipinski definition) is 5. The van der Waals surface area contributed by atoms with Crippen molar-refractivity contribution in [2.24, 2.45) is 0 Å². The number of nitrogens with zero attached hydrogens (tertiary/aromatic N) is 3. The topological polar surface area (TPSA) is 80.5 Å². The summed E-state index contributed by atoms with van der Waals surface area (Å²) in [6, 6.07) is 7.90. The van der Waals surface area contributed by atoms with Gasteiger partial charge in [-0.15, -0.1) is 0 Å². The van der Waals surface area contributed by atoms with Gasteiger partial charge in [0.25, 0.3) is 0 Å². The smallest absolute Gasteiger partial charge is 0.172 e. The van der Waals surface area contributed by atoms with Crippen LogP contribution in [-0.4, -0.2) is 19.9 Å². The van der Waals surface area contributed by atoms with Gasteiger partial charge in [-0.1, -0.05) is 12.1 Å². The second-order valence-corrected chi connectivity index (χ2v) is 4.83. The highest BCUT2D eigenvalue weighted by Crippen LogP contribution is 2.29. The molecule has 0 saturated carbocycles. The van der Waals surface area contributed by atoms with Crippen LogP contribution in [0.1, 0.15) is 5.56 Å². The van der Waals surface area contributed by atoms with Crippen LogP contribution in [0.5, 0.6) is 0 Å². The van der Waals surface area contributed by atoms with Crippen LogP contribution < -0.4 is 5.73 Å². The van der Waals surface area contributed by atoms with Gasteiger partial charge in [0.05, 0.1) is 11.0 Å². The summed E-state index contributed by atoms with van der Waals surface area (Å²) in [6.07, 6.45) is 1.47. The number of nitrogens with one attached hydrogen (secondary N) is 1. The number of fused-ring (bicyclic) bond motifs is 1. The highest BCUT2D eigenvalue weighted by molar-refractivity contribution is 7.99. The first kappa shape index (κ1) is 11.0. The van der Waals surface area contributed by atoms with Gasteiger partial charge in [-0.3, -0.25) is 0 Å². The summed E-state index contributed by atoms with van der Waals surface area (Å²) >= 11 is 1.46. The van der Waals surface area contributed by atoms with Gasteiger partial charge in [0.15, 0.2) is 5.16 Å². The van der Waals surface area contributed by atoms with Gasteiger partial charge in [0.1, 0.15) is 17.2 Å². The first-order valence-electron chi connectivity index (χ1n) is 5.44. The van der Waals surface area contributed by atoms with Crippen LogP contribution in [0.15, 0.2) is 40.8 Å². The Hall–Kier alpha value is -2.08. The van der Waals surface area contributed by atoms with Crippen LogP contribution in [0.25, 0.3) is 11.0 Å². The van der Waals surface area contributed by atoms with E-state index in [0.29, 0.717) is 5.82 Å². The van der Waals surface area contributed by atoms with E-state index in [4.69, 9.17) is 5.73 Å². The Bertz CT molecular complexity index is 674. The summed E-state index contributed by atoms with van der Waals surface area (Å²) in [5.74, 6) is 0.503. The first-order valence-corrected chi connectivity index (χ1v) is 6.25. The maximum Gasteiger partial charge on any atom is 0.172 e. The molecule has 90 valence electrons. The SMILES string of the molecule is Cc1c(N)ncnc1Sc1nc2ccccc2[nH]1. The van der Waals surface area contributed by atoms with Gasteiger partial charge >= 0.3 is 0 Å². The maximum atomic E-state index is 5.75. The van der Waals surface area contributed by atoms with Crippen molar-refractivity contribution in [2.75, 3.05) is 5.73 Å². The standard InChI is InChI=1S/C12H11N5S/c1-7-10(13)14-6-15-11(7)18-12-16-8-4-2-3-5-9(8)17-12/h2-6H,1H3,(H,16,17)(H2,13,14,15). The molecule has 0 aliphatic heterocycles. The van der Waals surface area contributed by atoms with Gasteiger partial charge < -0.3 is 10.7 Å². The molecule has 2 aromatic heterocycles. The van der Waals surface area contributed by atoms with E-state index in [1.165, 1.54) is 18.1 Å². The molecule has 3 N–H and O–H groups in total. The molecule has 0 aliphatic rings. The molecule has 0 radical (unpaired) electrons. The van der Waals surface area contributed by atoms with Crippen molar-refractivity contribution in [3.8, 4) is 0 Å². The van der Waals surface area contributed by atoms with Crippen molar-refractivity contribution < 1.29 is 0 Å². The summed E-state index contributed by atoms with van der Waals surface area (Å²) in [7, 11) is 0. The Labute approximate surface area is 108 Å². The summed E-state index contributed by atoms with van der Waals surface area (Å²) in [4.78, 5) is 15.9. The predicted molar refractivity (Wildman–Crippen MR) is 71.4 cm³/mol. The van der Waals surface area contributed by atoms with Crippen molar-refractivity contribution in [1.29, 1.82) is 0 Å². The molecule has 6 heteroatoms. The van der Waals surface area contributed by atoms with Crippen molar-refractivity contribution in [3.63, 3.8) is 0 Å². The Morgan fingerprint density at radius 3 is 2.89 bits per heavy atom. The second-order valence-electron chi connectivity index (χ2n) is 3.85. The molecule has 3 rings (SSSR count). The highest BCUT2D eigenvalue weighted by Gasteiger charge is 2.09. The normalized spacial score (nSPS) is 10.9. The molecule has 5 nitrogen and oxygen atoms in total. The predicted octanol–water partition coefficient (Wildman–Crippen LogP) is 2.39. The molecular weight excluding hydrogens is 246 g/mol. The molecule has 18 heavy (non-hydrogen) atoms. The van der Waals surface area contributed by atoms with Crippen molar-refractivity contribution in [2.45, 2.75) is 17.1 Å². The minimum atomic E-state index is 0.503. The Kier molecular flexibility index (Phi) is 2.64. The van der Waals surface area contributed by atoms with Crippen LogP contribution in [-0.2, 0) is 0 Å². The van der Waals surface area contributed by atoms with Crippen molar-refractivity contribution in [3.05, 3.63) is 36.2 Å². The van der Waals surface area contributed by atoms with Crippen molar-refractivity contribution >= 4 is 28.6 Å². The summed E-state index contributed by atoms with van der Waals surface area (Å²) in [5, 5.41) is 1.62. The molecule has 0 bridgehead atoms. The third kappa shape index (κ3) is 1.91. The molecule has 0 aliphatic carbocycles. The lowest BCUT2D eigenvalue weighted by Gasteiger charge is -2.03. The second kappa shape index (κ2) is 4.30. The molecule has 1 aromatic carbocycles. The van der Waals surface area contributed by atoms with Gasteiger partial charge in [0, 0.05) is 5.56 Å². The third-order valence-electron chi connectivity index (χ3n) is 2.64. The van der Waals surface area contributed by atoms with E-state index in [0.717, 1.165) is 26.8 Å². The minimum absolute atomic E-state index is 0.503. The number of hydrogen-bond donors (Lipinski definition) is 2. The van der Waals surface area contributed by atoms with Crippen LogP contribution in [0.4, 0.5) is 5.82 Å². The summed E-state index contributed by atoms with van der Waals surface area (Å²) in [5.41, 5.74) is 8.59. The number of aromatic amines is 1. The maximum absolute atomic E-state index is 5.75. The fourth-order valence-electron chi connectivity index (χ4n) is 1.62. The molecule has 0 fully saturated rings. The zero-order chi connectivity index (χ0) is 12.5. The molecular formula is C12H11N5S. The monoisotopic (exact) mass is 257 g/mol. The van der Waals surface area contributed by atoms with Crippen LogP contribution >= 0.6 is 11.8 Å². The molecule has 3 aromatic rings. The van der Waals surface area contributed by atoms with E-state index in [9.17, 15) is 0 Å². The minimum Gasteiger partial charge on any atom is -0.383 e. The van der Waals surface area contributed by atoms with Gasteiger partial charge in [0.2, 0.25) is 0 Å². The number of rotatable bonds is 2. The lowest BCUT2D eigenvalue weighted by Crippen LogP contribution is -1.97. The molecule has 0 atom stereocenters. The van der Waals surface area contributed by atoms with Crippen LogP contribution in [0, 0.1) is 6.92 Å². The lowest BCUT2D eigenvalue weighted by molar-refractivity contribution is 0.996. The highest BCUT2D eigenvalue weighted by atomic mass is 32.2. The Balaban J connectivity index is 1.99. The number of benzene rings is 1. The number of aromatic nitrogens is 4. The molecule has 0 amide bonds. The zero-order valence-electron chi connectivity index (χ0n) is 9.71. The average molecular weight is 257 g/mol. The Morgan fingerprint density at radius 1 is 1.22 bits per heavy atom. The zero-order valence-corrected chi connectivity index (χ0v) is 10.5. The number of imidazole rings is 1. The Morgan fingerprint density at radius 2 is 2.06 bits per heavy atom. The number of anilines is 1. The fraction of sp³-hybridized carbons (Fsp3) is 0.0833. The molecule has 0 unspecified atom stereocenters. The number of nitrogen functional groups attached to an aromatic ring is 1. The summed E-state index contributed by atoms with van der Waals surface area (Å²) < 4.78 is 0. The van der Waals surface area contributed by atoms with Gasteiger partial charge in [-0.25, -0.2) is 15.0 Å². The van der Waals surface area contributed by atoms with Crippen LogP contribution in [0.2, 0.25) is 0 Å².